The normalized spacial score (nSPS) is 32.8. The maximum atomic E-state index is 13.1. The van der Waals surface area contributed by atoms with E-state index in [-0.39, 0.29) is 16.0 Å². The molecule has 4 atom stereocenters. The number of nitrogens with one attached hydrogen (secondary N) is 2. The number of halogens is 6. The van der Waals surface area contributed by atoms with Crippen LogP contribution in [-0.4, -0.2) is 41.0 Å². The molecule has 7 nitrogen and oxygen atoms in total. The van der Waals surface area contributed by atoms with Crippen LogP contribution in [0.25, 0.3) is 11.0 Å². The number of hydrogen-bond donors (Lipinski definition) is 4. The molecule has 0 saturated heterocycles. The lowest BCUT2D eigenvalue weighted by Crippen LogP contribution is -2.47. The Bertz CT molecular complexity index is 1120. The Morgan fingerprint density at radius 2 is 1.69 bits per heavy atom. The number of alkyl halides is 4. The molecule has 13 heteroatoms. The van der Waals surface area contributed by atoms with Gasteiger partial charge in [0.1, 0.15) is 9.75 Å². The van der Waals surface area contributed by atoms with Gasteiger partial charge in [0.05, 0.1) is 32.9 Å². The van der Waals surface area contributed by atoms with Crippen molar-refractivity contribution in [2.45, 2.75) is 14.1 Å². The quantitative estimate of drug-likeness (QED) is 0.453. The number of H-pyrrole nitrogens is 1. The summed E-state index contributed by atoms with van der Waals surface area (Å²) in [7, 11) is 0. The lowest BCUT2D eigenvalue weighted by atomic mass is 9.81. The van der Waals surface area contributed by atoms with Crippen LogP contribution < -0.4 is 11.1 Å². The monoisotopic (exact) mass is 516 g/mol. The summed E-state index contributed by atoms with van der Waals surface area (Å²) in [6, 6.07) is 4.74. The zero-order chi connectivity index (χ0) is 21.5. The van der Waals surface area contributed by atoms with Crippen LogP contribution in [0.3, 0.4) is 0 Å². The van der Waals surface area contributed by atoms with Crippen molar-refractivity contribution in [1.82, 2.24) is 9.97 Å². The molecule has 0 spiro atoms. The molecule has 0 aliphatic heterocycles. The van der Waals surface area contributed by atoms with Gasteiger partial charge in [-0.1, -0.05) is 46.4 Å². The first-order valence-electron chi connectivity index (χ1n) is 7.98. The predicted octanol–water partition coefficient (Wildman–Crippen LogP) is 4.25. The van der Waals surface area contributed by atoms with Gasteiger partial charge >= 0.3 is 5.97 Å². The molecule has 1 amide bonds. The first-order chi connectivity index (χ1) is 13.4. The number of allylic oxidation sites excluding steroid dienone is 2. The number of aliphatic carboxylic acids is 1. The van der Waals surface area contributed by atoms with Gasteiger partial charge in [0, 0.05) is 5.69 Å². The molecule has 1 heterocycles. The Balaban J connectivity index is 1.78. The number of aromatic amines is 1. The lowest BCUT2D eigenvalue weighted by Gasteiger charge is -2.33. The number of carbonyl (C=O) groups is 2. The van der Waals surface area contributed by atoms with Crippen molar-refractivity contribution in [1.29, 1.82) is 0 Å². The molecule has 1 aromatic carbocycles. The number of nitrogen functional groups attached to an aromatic ring is 1. The van der Waals surface area contributed by atoms with E-state index in [2.05, 4.69) is 15.3 Å². The second-order valence-electron chi connectivity index (χ2n) is 6.76. The van der Waals surface area contributed by atoms with E-state index in [0.29, 0.717) is 16.7 Å². The summed E-state index contributed by atoms with van der Waals surface area (Å²) in [5.74, 6) is -5.21. The molecule has 4 rings (SSSR count). The number of amides is 1. The first kappa shape index (κ1) is 21.2. The summed E-state index contributed by atoms with van der Waals surface area (Å²) in [4.78, 5) is 27.9. The molecule has 0 unspecified atom stereocenters. The first-order valence-corrected chi connectivity index (χ1v) is 10.2. The fraction of sp³-hybridized carbons (Fsp3) is 0.312. The molecule has 5 N–H and O–H groups in total. The van der Waals surface area contributed by atoms with E-state index in [9.17, 15) is 14.7 Å². The van der Waals surface area contributed by atoms with Crippen LogP contribution in [0.2, 0.25) is 0 Å². The topological polar surface area (TPSA) is 121 Å². The summed E-state index contributed by atoms with van der Waals surface area (Å²) < 4.78 is -2.16. The van der Waals surface area contributed by atoms with Gasteiger partial charge in [0.15, 0.2) is 10.3 Å². The van der Waals surface area contributed by atoms with Gasteiger partial charge in [-0.15, -0.1) is 23.2 Å². The number of carbonyl (C=O) groups excluding carboxylic acids is 1. The number of fused-ring (bicyclic) bond motifs is 3. The number of nitrogens with two attached hydrogens (primary N) is 1. The minimum absolute atomic E-state index is 0.201. The highest BCUT2D eigenvalue weighted by Gasteiger charge is 2.85. The van der Waals surface area contributed by atoms with Gasteiger partial charge < -0.3 is 21.1 Å². The second-order valence-corrected chi connectivity index (χ2v) is 10.0. The molecule has 2 bridgehead atoms. The van der Waals surface area contributed by atoms with E-state index in [0.717, 1.165) is 0 Å². The van der Waals surface area contributed by atoms with Crippen LogP contribution in [0.5, 0.6) is 0 Å². The Morgan fingerprint density at radius 1 is 1.10 bits per heavy atom. The minimum Gasteiger partial charge on any atom is -0.481 e. The van der Waals surface area contributed by atoms with Gasteiger partial charge in [-0.3, -0.25) is 9.59 Å². The second kappa shape index (κ2) is 6.45. The summed E-state index contributed by atoms with van der Waals surface area (Å²) >= 11 is 38.3. The third-order valence-corrected chi connectivity index (χ3v) is 9.51. The SMILES string of the molecule is Nc1nc2ccc(NC(=O)[C@H]3[C@@H](C(=O)O)[C@]4(Cl)C(Cl)=C(Cl)[C@@]3(Cl)C4(Cl)Cl)cc2[nH]1. The summed E-state index contributed by atoms with van der Waals surface area (Å²) in [5.41, 5.74) is 7.07. The Kier molecular flexibility index (Phi) is 4.71. The van der Waals surface area contributed by atoms with E-state index in [1.807, 2.05) is 0 Å². The number of nitrogens with zero attached hydrogens (tertiary/aromatic N) is 1. The Morgan fingerprint density at radius 3 is 2.28 bits per heavy atom. The summed E-state index contributed by atoms with van der Waals surface area (Å²) in [6.45, 7) is 0. The molecule has 0 radical (unpaired) electrons. The number of aromatic nitrogens is 2. The third-order valence-electron chi connectivity index (χ3n) is 5.25. The fourth-order valence-electron chi connectivity index (χ4n) is 3.95. The van der Waals surface area contributed by atoms with Gasteiger partial charge in [-0.05, 0) is 18.2 Å². The average Bonchev–Trinajstić information content (AvgIpc) is 3.10. The molecule has 2 aliphatic rings. The maximum Gasteiger partial charge on any atom is 0.309 e. The number of rotatable bonds is 3. The van der Waals surface area contributed by atoms with Gasteiger partial charge in [-0.25, -0.2) is 4.98 Å². The zero-order valence-electron chi connectivity index (χ0n) is 13.9. The number of carboxylic acids is 1. The van der Waals surface area contributed by atoms with E-state index in [4.69, 9.17) is 75.3 Å². The van der Waals surface area contributed by atoms with E-state index in [1.165, 1.54) is 0 Å². The Labute approximate surface area is 193 Å². The smallest absolute Gasteiger partial charge is 0.309 e. The van der Waals surface area contributed by atoms with Crippen LogP contribution in [0, 0.1) is 11.8 Å². The van der Waals surface area contributed by atoms with Crippen molar-refractivity contribution in [3.8, 4) is 0 Å². The summed E-state index contributed by atoms with van der Waals surface area (Å²) in [5, 5.41) is 11.8. The van der Waals surface area contributed by atoms with Crippen molar-refractivity contribution in [3.63, 3.8) is 0 Å². The molecule has 1 fully saturated rings. The minimum atomic E-state index is -2.16. The van der Waals surface area contributed by atoms with Crippen LogP contribution in [0.4, 0.5) is 11.6 Å². The van der Waals surface area contributed by atoms with Gasteiger partial charge in [0.25, 0.3) is 0 Å². The van der Waals surface area contributed by atoms with E-state index < -0.39 is 37.8 Å². The van der Waals surface area contributed by atoms with Crippen molar-refractivity contribution < 1.29 is 14.7 Å². The van der Waals surface area contributed by atoms with Gasteiger partial charge in [0.2, 0.25) is 5.91 Å². The van der Waals surface area contributed by atoms with Crippen molar-refractivity contribution >= 4 is 104 Å². The molecule has 29 heavy (non-hydrogen) atoms. The average molecular weight is 519 g/mol. The van der Waals surface area contributed by atoms with Crippen LogP contribution in [-0.2, 0) is 9.59 Å². The number of benzene rings is 1. The molecule has 1 aromatic heterocycles. The van der Waals surface area contributed by atoms with Crippen LogP contribution in [0.15, 0.2) is 28.3 Å². The molecule has 154 valence electrons. The van der Waals surface area contributed by atoms with Crippen molar-refractivity contribution in [2.75, 3.05) is 11.1 Å². The number of anilines is 2. The number of carboxylic acid groups (broad SMARTS) is 1. The number of hydrogen-bond acceptors (Lipinski definition) is 4. The fourth-order valence-corrected chi connectivity index (χ4v) is 6.89. The molecule has 1 saturated carbocycles. The van der Waals surface area contributed by atoms with Crippen LogP contribution >= 0.6 is 69.6 Å². The molecular formula is C16H10Cl6N4O3. The van der Waals surface area contributed by atoms with E-state index in [1.54, 1.807) is 18.2 Å². The van der Waals surface area contributed by atoms with Crippen molar-refractivity contribution in [3.05, 3.63) is 28.3 Å². The third kappa shape index (κ3) is 2.49. The highest BCUT2D eigenvalue weighted by atomic mass is 35.5. The van der Waals surface area contributed by atoms with Gasteiger partial charge in [-0.2, -0.15) is 0 Å². The van der Waals surface area contributed by atoms with Crippen molar-refractivity contribution in [2.24, 2.45) is 11.8 Å². The Hall–Kier alpha value is -1.09. The standard InChI is InChI=1S/C16H10Cl6N4O3/c17-9-10(18)15(20)8(12(28)29)7(14(9,19)16(15,21)22)11(27)24-4-1-2-5-6(3-4)26-13(23)25-5/h1-3,7-8H,(H,24,27)(H,28,29)(H3,23,25,26)/t7-,8+,14-,15+/m1/s1. The zero-order valence-corrected chi connectivity index (χ0v) is 18.5. The summed E-state index contributed by atoms with van der Waals surface area (Å²) in [6.07, 6.45) is 0. The number of imidazole rings is 1. The molecule has 2 aliphatic carbocycles. The molecular weight excluding hydrogens is 509 g/mol. The lowest BCUT2D eigenvalue weighted by molar-refractivity contribution is -0.146. The van der Waals surface area contributed by atoms with E-state index >= 15 is 0 Å². The highest BCUT2D eigenvalue weighted by Crippen LogP contribution is 2.76. The maximum absolute atomic E-state index is 13.1. The van der Waals surface area contributed by atoms with Crippen LogP contribution in [0.1, 0.15) is 0 Å². The molecule has 2 aromatic rings. The largest absolute Gasteiger partial charge is 0.481 e. The predicted molar refractivity (Wildman–Crippen MR) is 114 cm³/mol. The highest BCUT2D eigenvalue weighted by molar-refractivity contribution is 6.66.